The second-order valence-electron chi connectivity index (χ2n) is 3.73. The number of ether oxygens (including phenoxy) is 1. The lowest BCUT2D eigenvalue weighted by Gasteiger charge is -2.09. The molecule has 0 saturated heterocycles. The molecule has 1 N–H and O–H groups in total. The van der Waals surface area contributed by atoms with Crippen LogP contribution in [0.25, 0.3) is 0 Å². The normalized spacial score (nSPS) is 13.4. The van der Waals surface area contributed by atoms with Gasteiger partial charge in [0.2, 0.25) is 0 Å². The summed E-state index contributed by atoms with van der Waals surface area (Å²) in [5.74, 6) is -1.13. The van der Waals surface area contributed by atoms with Gasteiger partial charge in [0.15, 0.2) is 9.84 Å². The van der Waals surface area contributed by atoms with Gasteiger partial charge in [-0.1, -0.05) is 0 Å². The molecule has 0 aliphatic rings. The molecule has 6 heteroatoms. The highest BCUT2D eigenvalue weighted by atomic mass is 32.2. The van der Waals surface area contributed by atoms with Crippen LogP contribution < -0.4 is 5.32 Å². The van der Waals surface area contributed by atoms with Crippen molar-refractivity contribution >= 4 is 15.8 Å². The molecule has 16 heavy (non-hydrogen) atoms. The highest BCUT2D eigenvalue weighted by Crippen LogP contribution is 2.01. The van der Waals surface area contributed by atoms with Gasteiger partial charge >= 0.3 is 5.97 Å². The maximum atomic E-state index is 11.5. The number of hydrogen-bond acceptors (Lipinski definition) is 5. The predicted molar refractivity (Wildman–Crippen MR) is 63.0 cm³/mol. The summed E-state index contributed by atoms with van der Waals surface area (Å²) in [7, 11) is -1.48. The van der Waals surface area contributed by atoms with E-state index < -0.39 is 21.6 Å². The van der Waals surface area contributed by atoms with Crippen molar-refractivity contribution in [1.82, 2.24) is 5.32 Å². The minimum atomic E-state index is -3.31. The maximum Gasteiger partial charge on any atom is 0.321 e. The Morgan fingerprint density at radius 1 is 1.44 bits per heavy atom. The SMILES string of the molecule is CCOC(=O)CS(=O)(=O)CCCC(C)NC. The molecule has 0 amide bonds. The molecule has 0 aromatic heterocycles. The fourth-order valence-corrected chi connectivity index (χ4v) is 2.40. The Morgan fingerprint density at radius 2 is 2.06 bits per heavy atom. The largest absolute Gasteiger partial charge is 0.465 e. The van der Waals surface area contributed by atoms with Gasteiger partial charge in [-0.3, -0.25) is 4.79 Å². The highest BCUT2D eigenvalue weighted by Gasteiger charge is 2.17. The van der Waals surface area contributed by atoms with Crippen molar-refractivity contribution in [3.05, 3.63) is 0 Å². The first kappa shape index (κ1) is 15.4. The lowest BCUT2D eigenvalue weighted by atomic mass is 10.2. The average Bonchev–Trinajstić information content (AvgIpc) is 2.16. The quantitative estimate of drug-likeness (QED) is 0.630. The monoisotopic (exact) mass is 251 g/mol. The number of rotatable bonds is 8. The van der Waals surface area contributed by atoms with Gasteiger partial charge in [-0.25, -0.2) is 8.42 Å². The van der Waals surface area contributed by atoms with Crippen LogP contribution in [0.4, 0.5) is 0 Å². The maximum absolute atomic E-state index is 11.5. The van der Waals surface area contributed by atoms with Gasteiger partial charge in [0.25, 0.3) is 0 Å². The molecular formula is C10H21NO4S. The Hall–Kier alpha value is -0.620. The Kier molecular flexibility index (Phi) is 7.33. The van der Waals surface area contributed by atoms with Gasteiger partial charge in [-0.05, 0) is 33.7 Å². The van der Waals surface area contributed by atoms with Crippen molar-refractivity contribution < 1.29 is 17.9 Å². The van der Waals surface area contributed by atoms with E-state index in [9.17, 15) is 13.2 Å². The van der Waals surface area contributed by atoms with Crippen molar-refractivity contribution in [2.75, 3.05) is 25.2 Å². The van der Waals surface area contributed by atoms with E-state index in [1.54, 1.807) is 6.92 Å². The van der Waals surface area contributed by atoms with Crippen LogP contribution >= 0.6 is 0 Å². The molecule has 0 bridgehead atoms. The molecule has 1 atom stereocenters. The number of carbonyl (C=O) groups excluding carboxylic acids is 1. The van der Waals surface area contributed by atoms with Gasteiger partial charge < -0.3 is 10.1 Å². The predicted octanol–water partition coefficient (Wildman–Crippen LogP) is 0.352. The van der Waals surface area contributed by atoms with Crippen molar-refractivity contribution in [2.24, 2.45) is 0 Å². The van der Waals surface area contributed by atoms with Gasteiger partial charge in [-0.15, -0.1) is 0 Å². The summed E-state index contributed by atoms with van der Waals surface area (Å²) in [6, 6.07) is 0.290. The van der Waals surface area contributed by atoms with Crippen molar-refractivity contribution in [3.8, 4) is 0 Å². The third kappa shape index (κ3) is 7.64. The number of carbonyl (C=O) groups is 1. The van der Waals surface area contributed by atoms with E-state index in [0.717, 1.165) is 6.42 Å². The number of hydrogen-bond donors (Lipinski definition) is 1. The molecule has 0 saturated carbocycles. The van der Waals surface area contributed by atoms with E-state index in [-0.39, 0.29) is 18.4 Å². The zero-order valence-electron chi connectivity index (χ0n) is 10.2. The van der Waals surface area contributed by atoms with Crippen molar-refractivity contribution in [3.63, 3.8) is 0 Å². The third-order valence-electron chi connectivity index (χ3n) is 2.23. The van der Waals surface area contributed by atoms with E-state index >= 15 is 0 Å². The zero-order chi connectivity index (χ0) is 12.6. The summed E-state index contributed by atoms with van der Waals surface area (Å²) in [6.45, 7) is 3.85. The Bertz CT molecular complexity index is 300. The lowest BCUT2D eigenvalue weighted by Crippen LogP contribution is -2.24. The topological polar surface area (TPSA) is 72.5 Å². The fourth-order valence-electron chi connectivity index (χ4n) is 1.21. The first-order valence-electron chi connectivity index (χ1n) is 5.44. The first-order valence-corrected chi connectivity index (χ1v) is 7.26. The Labute approximate surface area is 97.5 Å². The molecule has 0 aliphatic heterocycles. The summed E-state index contributed by atoms with van der Waals surface area (Å²) >= 11 is 0. The second kappa shape index (κ2) is 7.62. The van der Waals surface area contributed by atoms with Crippen LogP contribution in [-0.4, -0.2) is 45.6 Å². The fraction of sp³-hybridized carbons (Fsp3) is 0.900. The third-order valence-corrected chi connectivity index (χ3v) is 3.81. The smallest absolute Gasteiger partial charge is 0.321 e. The van der Waals surface area contributed by atoms with Crippen LogP contribution in [0, 0.1) is 0 Å². The van der Waals surface area contributed by atoms with E-state index in [2.05, 4.69) is 10.1 Å². The number of esters is 1. The summed E-state index contributed by atoms with van der Waals surface area (Å²) in [6.07, 6.45) is 1.34. The van der Waals surface area contributed by atoms with Crippen LogP contribution in [0.1, 0.15) is 26.7 Å². The molecule has 96 valence electrons. The summed E-state index contributed by atoms with van der Waals surface area (Å²) in [4.78, 5) is 11.0. The van der Waals surface area contributed by atoms with E-state index in [1.165, 1.54) is 0 Å². The average molecular weight is 251 g/mol. The van der Waals surface area contributed by atoms with Crippen LogP contribution in [-0.2, 0) is 19.4 Å². The van der Waals surface area contributed by atoms with Crippen LogP contribution in [0.3, 0.4) is 0 Å². The van der Waals surface area contributed by atoms with Crippen LogP contribution in [0.15, 0.2) is 0 Å². The standard InChI is InChI=1S/C10H21NO4S/c1-4-15-10(12)8-16(13,14)7-5-6-9(2)11-3/h9,11H,4-8H2,1-3H3. The molecule has 1 unspecified atom stereocenters. The molecule has 0 radical (unpaired) electrons. The molecule has 0 spiro atoms. The van der Waals surface area contributed by atoms with E-state index in [0.29, 0.717) is 6.42 Å². The van der Waals surface area contributed by atoms with Gasteiger partial charge in [-0.2, -0.15) is 0 Å². The van der Waals surface area contributed by atoms with Gasteiger partial charge in [0.1, 0.15) is 5.75 Å². The minimum absolute atomic E-state index is 0.0395. The van der Waals surface area contributed by atoms with Crippen LogP contribution in [0.2, 0.25) is 0 Å². The van der Waals surface area contributed by atoms with Crippen molar-refractivity contribution in [1.29, 1.82) is 0 Å². The summed E-state index contributed by atoms with van der Waals surface area (Å²) in [5.41, 5.74) is 0. The molecule has 0 aromatic carbocycles. The van der Waals surface area contributed by atoms with Gasteiger partial charge in [0.05, 0.1) is 12.4 Å². The zero-order valence-corrected chi connectivity index (χ0v) is 11.0. The number of nitrogens with one attached hydrogen (secondary N) is 1. The second-order valence-corrected chi connectivity index (χ2v) is 5.91. The van der Waals surface area contributed by atoms with E-state index in [4.69, 9.17) is 0 Å². The Morgan fingerprint density at radius 3 is 2.56 bits per heavy atom. The first-order chi connectivity index (χ1) is 7.41. The molecule has 0 fully saturated rings. The lowest BCUT2D eigenvalue weighted by molar-refractivity contribution is -0.139. The molecule has 0 heterocycles. The Balaban J connectivity index is 3.92. The number of sulfone groups is 1. The minimum Gasteiger partial charge on any atom is -0.465 e. The molecular weight excluding hydrogens is 230 g/mol. The van der Waals surface area contributed by atoms with Crippen LogP contribution in [0.5, 0.6) is 0 Å². The summed E-state index contributed by atoms with van der Waals surface area (Å²) < 4.78 is 27.5. The molecule has 0 rings (SSSR count). The van der Waals surface area contributed by atoms with Gasteiger partial charge in [0, 0.05) is 6.04 Å². The molecule has 0 aromatic rings. The van der Waals surface area contributed by atoms with Crippen molar-refractivity contribution in [2.45, 2.75) is 32.7 Å². The van der Waals surface area contributed by atoms with E-state index in [1.807, 2.05) is 14.0 Å². The summed E-state index contributed by atoms with van der Waals surface area (Å²) in [5, 5.41) is 3.03. The molecule has 0 aliphatic carbocycles. The highest BCUT2D eigenvalue weighted by molar-refractivity contribution is 7.92. The molecule has 5 nitrogen and oxygen atoms in total.